The van der Waals surface area contributed by atoms with Gasteiger partial charge in [-0.05, 0) is 48.7 Å². The van der Waals surface area contributed by atoms with Crippen LogP contribution in [-0.4, -0.2) is 17.5 Å². The highest BCUT2D eigenvalue weighted by Crippen LogP contribution is 2.43. The van der Waals surface area contributed by atoms with Gasteiger partial charge in [-0.25, -0.2) is 0 Å². The molecule has 0 radical (unpaired) electrons. The average Bonchev–Trinajstić information content (AvgIpc) is 3.22. The third-order valence-corrected chi connectivity index (χ3v) is 5.82. The first kappa shape index (κ1) is 16.4. The van der Waals surface area contributed by atoms with E-state index in [4.69, 9.17) is 4.18 Å². The lowest BCUT2D eigenvalue weighted by Gasteiger charge is -2.18. The van der Waals surface area contributed by atoms with Gasteiger partial charge in [0.1, 0.15) is 0 Å². The molecule has 134 valence electrons. The fourth-order valence-electron chi connectivity index (χ4n) is 3.78. The van der Waals surface area contributed by atoms with Crippen molar-refractivity contribution in [3.8, 4) is 11.1 Å². The molecule has 2 aliphatic rings. The number of rotatable bonds is 2. The van der Waals surface area contributed by atoms with Crippen molar-refractivity contribution in [1.82, 2.24) is 4.98 Å². The van der Waals surface area contributed by atoms with Crippen molar-refractivity contribution in [3.63, 3.8) is 0 Å². The van der Waals surface area contributed by atoms with E-state index < -0.39 is 0 Å². The van der Waals surface area contributed by atoms with Crippen LogP contribution < -0.4 is 5.32 Å². The highest BCUT2D eigenvalue weighted by Gasteiger charge is 2.30. The smallest absolute Gasteiger partial charge is 0.256 e. The molecule has 0 aliphatic carbocycles. The summed E-state index contributed by atoms with van der Waals surface area (Å²) in [7, 11) is 0. The van der Waals surface area contributed by atoms with Crippen LogP contribution >= 0.6 is 12.0 Å². The van der Waals surface area contributed by atoms with Gasteiger partial charge in [0, 0.05) is 45.1 Å². The second-order valence-electron chi connectivity index (χ2n) is 6.78. The molecule has 2 aromatic carbocycles. The number of aryl methyl sites for hydroxylation is 1. The van der Waals surface area contributed by atoms with Crippen LogP contribution in [0.15, 0.2) is 53.4 Å². The van der Waals surface area contributed by atoms with Gasteiger partial charge in [-0.15, -0.1) is 0 Å². The molecule has 0 saturated heterocycles. The standard InChI is InChI=1S/C22H18N2O2S/c1-13-11-16(14-5-3-2-4-6-14)19(23-13)12-17-21-15-9-10-26-27-20(15)8-7-18(21)24-22(17)25/h2-8,11-12,23H,9-10H2,1H3,(H,24,25)/b17-12-. The van der Waals surface area contributed by atoms with E-state index in [-0.39, 0.29) is 5.91 Å². The molecule has 3 aromatic rings. The van der Waals surface area contributed by atoms with Gasteiger partial charge in [0.25, 0.3) is 5.91 Å². The monoisotopic (exact) mass is 374 g/mol. The molecule has 2 N–H and O–H groups in total. The Morgan fingerprint density at radius 1 is 1.15 bits per heavy atom. The van der Waals surface area contributed by atoms with Crippen LogP contribution in [0.3, 0.4) is 0 Å². The van der Waals surface area contributed by atoms with Crippen LogP contribution in [0, 0.1) is 6.92 Å². The zero-order valence-electron chi connectivity index (χ0n) is 14.8. The molecule has 0 spiro atoms. The van der Waals surface area contributed by atoms with Crippen molar-refractivity contribution >= 4 is 35.3 Å². The number of amides is 1. The van der Waals surface area contributed by atoms with Crippen molar-refractivity contribution in [1.29, 1.82) is 0 Å². The van der Waals surface area contributed by atoms with Crippen LogP contribution in [0.25, 0.3) is 22.8 Å². The van der Waals surface area contributed by atoms with Crippen molar-refractivity contribution in [2.75, 3.05) is 11.9 Å². The van der Waals surface area contributed by atoms with Crippen LogP contribution in [0.5, 0.6) is 0 Å². The molecule has 0 atom stereocenters. The van der Waals surface area contributed by atoms with Crippen molar-refractivity contribution in [2.45, 2.75) is 18.2 Å². The van der Waals surface area contributed by atoms with Gasteiger partial charge in [-0.3, -0.25) is 4.79 Å². The molecule has 1 amide bonds. The first-order chi connectivity index (χ1) is 13.2. The summed E-state index contributed by atoms with van der Waals surface area (Å²) in [5, 5.41) is 3.01. The van der Waals surface area contributed by atoms with Gasteiger partial charge in [0.15, 0.2) is 0 Å². The summed E-state index contributed by atoms with van der Waals surface area (Å²) < 4.78 is 5.50. The maximum atomic E-state index is 12.7. The Labute approximate surface area is 161 Å². The minimum atomic E-state index is -0.0545. The lowest BCUT2D eigenvalue weighted by atomic mass is 9.96. The number of benzene rings is 2. The van der Waals surface area contributed by atoms with Crippen LogP contribution in [0.2, 0.25) is 0 Å². The number of aromatic amines is 1. The summed E-state index contributed by atoms with van der Waals surface area (Å²) in [5.74, 6) is -0.0545. The fraction of sp³-hybridized carbons (Fsp3) is 0.136. The fourth-order valence-corrected chi connectivity index (χ4v) is 4.50. The minimum absolute atomic E-state index is 0.0545. The van der Waals surface area contributed by atoms with E-state index >= 15 is 0 Å². The van der Waals surface area contributed by atoms with Crippen LogP contribution in [0.4, 0.5) is 5.69 Å². The summed E-state index contributed by atoms with van der Waals surface area (Å²) in [4.78, 5) is 17.3. The SMILES string of the molecule is Cc1cc(-c2ccccc2)c(/C=C2\C(=O)Nc3ccc4c(c32)CCOS4)[nH]1. The quantitative estimate of drug-likeness (QED) is 0.487. The number of H-pyrrole nitrogens is 1. The molecular weight excluding hydrogens is 356 g/mol. The third kappa shape index (κ3) is 2.80. The molecule has 5 heteroatoms. The maximum Gasteiger partial charge on any atom is 0.256 e. The molecule has 3 heterocycles. The predicted octanol–water partition coefficient (Wildman–Crippen LogP) is 5.06. The van der Waals surface area contributed by atoms with Crippen molar-refractivity contribution < 1.29 is 8.98 Å². The van der Waals surface area contributed by atoms with E-state index in [1.54, 1.807) is 0 Å². The summed E-state index contributed by atoms with van der Waals surface area (Å²) in [6.07, 6.45) is 2.80. The van der Waals surface area contributed by atoms with Gasteiger partial charge in [-0.2, -0.15) is 0 Å². The van der Waals surface area contributed by atoms with Crippen LogP contribution in [-0.2, 0) is 15.4 Å². The van der Waals surface area contributed by atoms with E-state index in [9.17, 15) is 4.79 Å². The number of nitrogens with one attached hydrogen (secondary N) is 2. The summed E-state index contributed by atoms with van der Waals surface area (Å²) >= 11 is 1.39. The van der Waals surface area contributed by atoms with Gasteiger partial charge in [0.05, 0.1) is 12.2 Å². The molecule has 1 aromatic heterocycles. The predicted molar refractivity (Wildman–Crippen MR) is 109 cm³/mol. The lowest BCUT2D eigenvalue weighted by Crippen LogP contribution is -2.06. The Balaban J connectivity index is 1.68. The molecule has 2 aliphatic heterocycles. The molecule has 0 saturated carbocycles. The van der Waals surface area contributed by atoms with E-state index in [1.165, 1.54) is 17.6 Å². The summed E-state index contributed by atoms with van der Waals surface area (Å²) in [6, 6.07) is 16.3. The Morgan fingerprint density at radius 3 is 2.85 bits per heavy atom. The number of anilines is 1. The van der Waals surface area contributed by atoms with E-state index in [1.807, 2.05) is 43.3 Å². The normalized spacial score (nSPS) is 16.9. The maximum absolute atomic E-state index is 12.7. The number of fused-ring (bicyclic) bond motifs is 3. The molecule has 5 rings (SSSR count). The second-order valence-corrected chi connectivity index (χ2v) is 7.62. The lowest BCUT2D eigenvalue weighted by molar-refractivity contribution is -0.110. The highest BCUT2D eigenvalue weighted by atomic mass is 32.2. The van der Waals surface area contributed by atoms with Gasteiger partial charge < -0.3 is 14.5 Å². The number of carbonyl (C=O) groups excluding carboxylic acids is 1. The third-order valence-electron chi connectivity index (χ3n) is 4.97. The van der Waals surface area contributed by atoms with E-state index in [2.05, 4.69) is 28.5 Å². The zero-order chi connectivity index (χ0) is 18.4. The number of aromatic nitrogens is 1. The largest absolute Gasteiger partial charge is 0.359 e. The Hall–Kier alpha value is -2.76. The Morgan fingerprint density at radius 2 is 2.00 bits per heavy atom. The molecule has 4 nitrogen and oxygen atoms in total. The van der Waals surface area contributed by atoms with Gasteiger partial charge >= 0.3 is 0 Å². The van der Waals surface area contributed by atoms with Crippen molar-refractivity contribution in [2.24, 2.45) is 0 Å². The van der Waals surface area contributed by atoms with Gasteiger partial charge in [0.2, 0.25) is 0 Å². The molecule has 0 fully saturated rings. The van der Waals surface area contributed by atoms with Crippen LogP contribution in [0.1, 0.15) is 22.5 Å². The second kappa shape index (κ2) is 6.44. The number of carbonyl (C=O) groups is 1. The number of hydrogen-bond acceptors (Lipinski definition) is 3. The first-order valence-electron chi connectivity index (χ1n) is 8.94. The molecule has 27 heavy (non-hydrogen) atoms. The summed E-state index contributed by atoms with van der Waals surface area (Å²) in [5.41, 5.74) is 8.06. The van der Waals surface area contributed by atoms with Gasteiger partial charge in [-0.1, -0.05) is 30.3 Å². The average molecular weight is 374 g/mol. The van der Waals surface area contributed by atoms with E-state index in [0.29, 0.717) is 12.2 Å². The summed E-state index contributed by atoms with van der Waals surface area (Å²) in [6.45, 7) is 2.69. The Kier molecular flexibility index (Phi) is 3.92. The zero-order valence-corrected chi connectivity index (χ0v) is 15.7. The Bertz CT molecular complexity index is 1080. The topological polar surface area (TPSA) is 54.1 Å². The molecule has 0 unspecified atom stereocenters. The van der Waals surface area contributed by atoms with Crippen molar-refractivity contribution in [3.05, 3.63) is 71.0 Å². The first-order valence-corrected chi connectivity index (χ1v) is 9.68. The minimum Gasteiger partial charge on any atom is -0.359 e. The molecule has 0 bridgehead atoms. The van der Waals surface area contributed by atoms with E-state index in [0.717, 1.165) is 45.1 Å². The highest BCUT2D eigenvalue weighted by molar-refractivity contribution is 7.94. The number of hydrogen-bond donors (Lipinski definition) is 2. The molecular formula is C22H18N2O2S.